The summed E-state index contributed by atoms with van der Waals surface area (Å²) in [6, 6.07) is 2.48. The van der Waals surface area contributed by atoms with E-state index in [1.165, 1.54) is 18.4 Å². The van der Waals surface area contributed by atoms with Crippen molar-refractivity contribution in [2.24, 2.45) is 0 Å². The van der Waals surface area contributed by atoms with Gasteiger partial charge in [0.15, 0.2) is 0 Å². The minimum atomic E-state index is 0.214. The zero-order chi connectivity index (χ0) is 13.4. The fourth-order valence-electron chi connectivity index (χ4n) is 2.93. The van der Waals surface area contributed by atoms with E-state index in [4.69, 9.17) is 4.74 Å². The van der Waals surface area contributed by atoms with E-state index in [1.54, 1.807) is 0 Å². The first-order valence-corrected chi connectivity index (χ1v) is 7.50. The van der Waals surface area contributed by atoms with Gasteiger partial charge >= 0.3 is 0 Å². The van der Waals surface area contributed by atoms with Crippen molar-refractivity contribution in [2.45, 2.75) is 57.4 Å². The average molecular weight is 261 g/mol. The van der Waals surface area contributed by atoms with Crippen LogP contribution in [0.25, 0.3) is 0 Å². The maximum Gasteiger partial charge on any atom is 0.254 e. The molecule has 104 valence electrons. The Labute approximate surface area is 114 Å². The van der Waals surface area contributed by atoms with Crippen molar-refractivity contribution >= 4 is 0 Å². The molecule has 0 atom stereocenters. The molecule has 1 saturated heterocycles. The normalized spacial score (nSPS) is 21.0. The van der Waals surface area contributed by atoms with Gasteiger partial charge in [-0.15, -0.1) is 0 Å². The second-order valence-corrected chi connectivity index (χ2v) is 6.21. The van der Waals surface area contributed by atoms with Crippen LogP contribution in [0.1, 0.15) is 68.5 Å². The molecule has 2 aliphatic rings. The van der Waals surface area contributed by atoms with Gasteiger partial charge in [0.05, 0.1) is 0 Å². The third kappa shape index (κ3) is 2.62. The van der Waals surface area contributed by atoms with Gasteiger partial charge in [0.1, 0.15) is 0 Å². The van der Waals surface area contributed by atoms with Gasteiger partial charge in [-0.1, -0.05) is 13.8 Å². The van der Waals surface area contributed by atoms with Crippen molar-refractivity contribution in [3.63, 3.8) is 0 Å². The molecular weight excluding hydrogens is 238 g/mol. The number of ether oxygens (including phenoxy) is 1. The van der Waals surface area contributed by atoms with E-state index in [9.17, 15) is 4.79 Å². The van der Waals surface area contributed by atoms with Crippen molar-refractivity contribution in [3.8, 4) is 0 Å². The fraction of sp³-hybridized carbons (Fsp3) is 0.688. The van der Waals surface area contributed by atoms with Crippen molar-refractivity contribution in [1.82, 2.24) is 4.57 Å². The third-order valence-corrected chi connectivity index (χ3v) is 4.35. The molecule has 3 nitrogen and oxygen atoms in total. The van der Waals surface area contributed by atoms with Gasteiger partial charge in [-0.25, -0.2) is 0 Å². The van der Waals surface area contributed by atoms with Crippen LogP contribution in [0.15, 0.2) is 17.1 Å². The molecule has 0 N–H and O–H groups in total. The third-order valence-electron chi connectivity index (χ3n) is 4.35. The topological polar surface area (TPSA) is 31.2 Å². The number of aromatic nitrogens is 1. The van der Waals surface area contributed by atoms with Gasteiger partial charge in [0, 0.05) is 31.0 Å². The van der Waals surface area contributed by atoms with Crippen molar-refractivity contribution < 1.29 is 4.74 Å². The summed E-state index contributed by atoms with van der Waals surface area (Å²) < 4.78 is 7.42. The molecule has 1 saturated carbocycles. The molecule has 3 rings (SSSR count). The molecule has 1 aliphatic heterocycles. The molecule has 0 spiro atoms. The van der Waals surface area contributed by atoms with E-state index < -0.39 is 0 Å². The standard InChI is InChI=1S/C16H23NO2/c1-11(2)15-9-13(12-3-4-12)10-17(16(15)18)14-5-7-19-8-6-14/h9-12,14H,3-8H2,1-2H3. The zero-order valence-corrected chi connectivity index (χ0v) is 11.9. The predicted octanol–water partition coefficient (Wildman–Crippen LogP) is 3.20. The monoisotopic (exact) mass is 261 g/mol. The Morgan fingerprint density at radius 1 is 1.21 bits per heavy atom. The van der Waals surface area contributed by atoms with Crippen LogP contribution in [0.3, 0.4) is 0 Å². The van der Waals surface area contributed by atoms with E-state index >= 15 is 0 Å². The molecule has 1 aromatic heterocycles. The van der Waals surface area contributed by atoms with Crippen LogP contribution in [-0.4, -0.2) is 17.8 Å². The highest BCUT2D eigenvalue weighted by atomic mass is 16.5. The Morgan fingerprint density at radius 2 is 1.89 bits per heavy atom. The summed E-state index contributed by atoms with van der Waals surface area (Å²) in [6.07, 6.45) is 6.62. The zero-order valence-electron chi connectivity index (χ0n) is 11.9. The first-order valence-electron chi connectivity index (χ1n) is 7.50. The van der Waals surface area contributed by atoms with E-state index in [1.807, 2.05) is 4.57 Å². The summed E-state index contributed by atoms with van der Waals surface area (Å²) in [5, 5.41) is 0. The lowest BCUT2D eigenvalue weighted by molar-refractivity contribution is 0.0685. The van der Waals surface area contributed by atoms with Gasteiger partial charge in [0.25, 0.3) is 5.56 Å². The number of hydrogen-bond acceptors (Lipinski definition) is 2. The summed E-state index contributed by atoms with van der Waals surface area (Å²) in [4.78, 5) is 12.6. The number of pyridine rings is 1. The smallest absolute Gasteiger partial charge is 0.254 e. The Balaban J connectivity index is 2.03. The number of nitrogens with zero attached hydrogens (tertiary/aromatic N) is 1. The van der Waals surface area contributed by atoms with E-state index in [0.717, 1.165) is 31.6 Å². The SMILES string of the molecule is CC(C)c1cc(C2CC2)cn(C2CCOCC2)c1=O. The lowest BCUT2D eigenvalue weighted by Crippen LogP contribution is -2.31. The van der Waals surface area contributed by atoms with Crippen molar-refractivity contribution in [3.05, 3.63) is 33.7 Å². The van der Waals surface area contributed by atoms with Crippen molar-refractivity contribution in [2.75, 3.05) is 13.2 Å². The highest BCUT2D eigenvalue weighted by Crippen LogP contribution is 2.40. The van der Waals surface area contributed by atoms with Crippen LogP contribution in [0, 0.1) is 0 Å². The lowest BCUT2D eigenvalue weighted by atomic mass is 10.00. The first kappa shape index (κ1) is 12.9. The largest absolute Gasteiger partial charge is 0.381 e. The Kier molecular flexibility index (Phi) is 3.48. The van der Waals surface area contributed by atoms with Gasteiger partial charge < -0.3 is 9.30 Å². The van der Waals surface area contributed by atoms with Crippen LogP contribution in [-0.2, 0) is 4.74 Å². The Bertz CT molecular complexity index is 508. The molecule has 0 radical (unpaired) electrons. The molecular formula is C16H23NO2. The molecule has 0 amide bonds. The lowest BCUT2D eigenvalue weighted by Gasteiger charge is -2.26. The van der Waals surface area contributed by atoms with Crippen LogP contribution < -0.4 is 5.56 Å². The van der Waals surface area contributed by atoms with Crippen LogP contribution >= 0.6 is 0 Å². The van der Waals surface area contributed by atoms with Gasteiger partial charge in [-0.3, -0.25) is 4.79 Å². The second kappa shape index (κ2) is 5.12. The molecule has 3 heteroatoms. The highest BCUT2D eigenvalue weighted by Gasteiger charge is 2.27. The molecule has 2 fully saturated rings. The average Bonchev–Trinajstić information content (AvgIpc) is 3.24. The van der Waals surface area contributed by atoms with Crippen molar-refractivity contribution in [1.29, 1.82) is 0 Å². The summed E-state index contributed by atoms with van der Waals surface area (Å²) in [6.45, 7) is 5.78. The van der Waals surface area contributed by atoms with E-state index in [-0.39, 0.29) is 5.56 Å². The second-order valence-electron chi connectivity index (χ2n) is 6.21. The maximum absolute atomic E-state index is 12.6. The van der Waals surface area contributed by atoms with E-state index in [2.05, 4.69) is 26.1 Å². The fourth-order valence-corrected chi connectivity index (χ4v) is 2.93. The predicted molar refractivity (Wildman–Crippen MR) is 75.9 cm³/mol. The molecule has 2 heterocycles. The molecule has 19 heavy (non-hydrogen) atoms. The molecule has 0 aromatic carbocycles. The Morgan fingerprint density at radius 3 is 2.47 bits per heavy atom. The summed E-state index contributed by atoms with van der Waals surface area (Å²) >= 11 is 0. The highest BCUT2D eigenvalue weighted by molar-refractivity contribution is 5.28. The number of rotatable bonds is 3. The summed E-state index contributed by atoms with van der Waals surface area (Å²) in [5.41, 5.74) is 2.57. The molecule has 0 bridgehead atoms. The summed E-state index contributed by atoms with van der Waals surface area (Å²) in [5.74, 6) is 1.00. The quantitative estimate of drug-likeness (QED) is 0.836. The van der Waals surface area contributed by atoms with Crippen LogP contribution in [0.2, 0.25) is 0 Å². The van der Waals surface area contributed by atoms with E-state index in [0.29, 0.717) is 17.9 Å². The number of hydrogen-bond donors (Lipinski definition) is 0. The van der Waals surface area contributed by atoms with Crippen LogP contribution in [0.4, 0.5) is 0 Å². The van der Waals surface area contributed by atoms with Gasteiger partial charge in [-0.05, 0) is 49.1 Å². The summed E-state index contributed by atoms with van der Waals surface area (Å²) in [7, 11) is 0. The maximum atomic E-state index is 12.6. The van der Waals surface area contributed by atoms with Gasteiger partial charge in [-0.2, -0.15) is 0 Å². The molecule has 0 unspecified atom stereocenters. The molecule has 1 aromatic rings. The Hall–Kier alpha value is -1.09. The minimum Gasteiger partial charge on any atom is -0.381 e. The first-order chi connectivity index (χ1) is 9.16. The minimum absolute atomic E-state index is 0.214. The van der Waals surface area contributed by atoms with Crippen LogP contribution in [0.5, 0.6) is 0 Å². The molecule has 1 aliphatic carbocycles. The van der Waals surface area contributed by atoms with Gasteiger partial charge in [0.2, 0.25) is 0 Å².